The minimum Gasteiger partial charge on any atom is -0.352 e. The van der Waals surface area contributed by atoms with E-state index in [4.69, 9.17) is 0 Å². The zero-order valence-electron chi connectivity index (χ0n) is 16.3. The molecule has 146 valence electrons. The van der Waals surface area contributed by atoms with Gasteiger partial charge in [-0.3, -0.25) is 4.79 Å². The van der Waals surface area contributed by atoms with Crippen LogP contribution in [0.15, 0.2) is 29.2 Å². The van der Waals surface area contributed by atoms with Crippen LogP contribution < -0.4 is 10.0 Å². The molecular weight excluding hydrogens is 348 g/mol. The van der Waals surface area contributed by atoms with Gasteiger partial charge in [-0.2, -0.15) is 4.72 Å². The molecule has 1 aliphatic rings. The highest BCUT2D eigenvalue weighted by Crippen LogP contribution is 2.24. The maximum Gasteiger partial charge on any atom is 0.241 e. The van der Waals surface area contributed by atoms with Crippen molar-refractivity contribution >= 4 is 15.9 Å². The molecule has 0 unspecified atom stereocenters. The Hall–Kier alpha value is -1.40. The van der Waals surface area contributed by atoms with E-state index in [9.17, 15) is 13.2 Å². The first-order chi connectivity index (χ1) is 12.2. The molecule has 26 heavy (non-hydrogen) atoms. The first-order valence-electron chi connectivity index (χ1n) is 9.64. The molecule has 1 amide bonds. The molecule has 1 fully saturated rings. The highest BCUT2D eigenvalue weighted by atomic mass is 32.2. The van der Waals surface area contributed by atoms with Crippen molar-refractivity contribution in [2.45, 2.75) is 76.8 Å². The summed E-state index contributed by atoms with van der Waals surface area (Å²) < 4.78 is 28.1. The van der Waals surface area contributed by atoms with Crippen molar-refractivity contribution in [2.24, 2.45) is 11.8 Å². The van der Waals surface area contributed by atoms with E-state index in [1.165, 1.54) is 6.42 Å². The van der Waals surface area contributed by atoms with Gasteiger partial charge in [-0.1, -0.05) is 57.7 Å². The van der Waals surface area contributed by atoms with Gasteiger partial charge >= 0.3 is 0 Å². The number of carbonyl (C=O) groups excluding carboxylic acids is 1. The highest BCUT2D eigenvalue weighted by Gasteiger charge is 2.32. The van der Waals surface area contributed by atoms with Crippen molar-refractivity contribution in [3.63, 3.8) is 0 Å². The van der Waals surface area contributed by atoms with Crippen molar-refractivity contribution in [3.05, 3.63) is 29.8 Å². The smallest absolute Gasteiger partial charge is 0.241 e. The van der Waals surface area contributed by atoms with E-state index in [2.05, 4.69) is 17.0 Å². The second-order valence-electron chi connectivity index (χ2n) is 7.67. The summed E-state index contributed by atoms with van der Waals surface area (Å²) in [6, 6.07) is 6.04. The van der Waals surface area contributed by atoms with Crippen LogP contribution >= 0.6 is 0 Å². The number of carbonyl (C=O) groups is 1. The van der Waals surface area contributed by atoms with Gasteiger partial charge < -0.3 is 5.32 Å². The number of amides is 1. The van der Waals surface area contributed by atoms with Gasteiger partial charge in [0, 0.05) is 6.04 Å². The first kappa shape index (κ1) is 20.9. The largest absolute Gasteiger partial charge is 0.352 e. The Balaban J connectivity index is 2.15. The normalized spacial score (nSPS) is 23.2. The van der Waals surface area contributed by atoms with Crippen LogP contribution in [0, 0.1) is 18.8 Å². The van der Waals surface area contributed by atoms with E-state index in [0.717, 1.165) is 24.8 Å². The van der Waals surface area contributed by atoms with Gasteiger partial charge in [0.25, 0.3) is 0 Å². The summed E-state index contributed by atoms with van der Waals surface area (Å²) in [4.78, 5) is 13.1. The fourth-order valence-corrected chi connectivity index (χ4v) is 4.72. The van der Waals surface area contributed by atoms with Gasteiger partial charge in [0.15, 0.2) is 0 Å². The fourth-order valence-electron chi connectivity index (χ4n) is 3.42. The predicted molar refractivity (Wildman–Crippen MR) is 104 cm³/mol. The number of aryl methyl sites for hydroxylation is 1. The lowest BCUT2D eigenvalue weighted by Gasteiger charge is -2.32. The monoisotopic (exact) mass is 380 g/mol. The average molecular weight is 381 g/mol. The summed E-state index contributed by atoms with van der Waals surface area (Å²) in [6.45, 7) is 7.93. The molecule has 6 heteroatoms. The second kappa shape index (κ2) is 9.00. The van der Waals surface area contributed by atoms with Crippen LogP contribution in [0.3, 0.4) is 0 Å². The second-order valence-corrected chi connectivity index (χ2v) is 9.39. The van der Waals surface area contributed by atoms with Crippen LogP contribution in [0.5, 0.6) is 0 Å². The summed E-state index contributed by atoms with van der Waals surface area (Å²) in [7, 11) is -3.74. The lowest BCUT2D eigenvalue weighted by atomic mass is 9.85. The van der Waals surface area contributed by atoms with Gasteiger partial charge in [0.05, 0.1) is 4.90 Å². The quantitative estimate of drug-likeness (QED) is 0.761. The molecule has 0 aromatic heterocycles. The molecule has 0 saturated heterocycles. The Morgan fingerprint density at radius 2 is 1.81 bits per heavy atom. The third kappa shape index (κ3) is 5.30. The summed E-state index contributed by atoms with van der Waals surface area (Å²) >= 11 is 0. The molecule has 1 aromatic rings. The zero-order valence-corrected chi connectivity index (χ0v) is 17.1. The molecule has 0 aliphatic heterocycles. The predicted octanol–water partition coefficient (Wildman–Crippen LogP) is 3.38. The van der Waals surface area contributed by atoms with E-state index >= 15 is 0 Å². The van der Waals surface area contributed by atoms with Crippen LogP contribution in [0.25, 0.3) is 0 Å². The number of benzene rings is 1. The van der Waals surface area contributed by atoms with Crippen molar-refractivity contribution in [3.8, 4) is 0 Å². The van der Waals surface area contributed by atoms with E-state index in [-0.39, 0.29) is 22.8 Å². The van der Waals surface area contributed by atoms with Crippen LogP contribution in [0.1, 0.15) is 58.4 Å². The van der Waals surface area contributed by atoms with Crippen LogP contribution in [0.2, 0.25) is 0 Å². The maximum absolute atomic E-state index is 12.9. The Labute approximate surface area is 158 Å². The van der Waals surface area contributed by atoms with Crippen molar-refractivity contribution < 1.29 is 13.2 Å². The number of hydrogen-bond acceptors (Lipinski definition) is 3. The number of rotatable bonds is 7. The zero-order chi connectivity index (χ0) is 19.3. The number of hydrogen-bond donors (Lipinski definition) is 2. The molecule has 0 bridgehead atoms. The molecule has 1 aliphatic carbocycles. The molecule has 1 saturated carbocycles. The Morgan fingerprint density at radius 1 is 1.19 bits per heavy atom. The molecule has 0 spiro atoms. The molecule has 1 aromatic carbocycles. The number of sulfonamides is 1. The van der Waals surface area contributed by atoms with Crippen molar-refractivity contribution in [1.29, 1.82) is 0 Å². The van der Waals surface area contributed by atoms with Gasteiger partial charge in [-0.05, 0) is 43.7 Å². The summed E-state index contributed by atoms with van der Waals surface area (Å²) in [6.07, 6.45) is 5.09. The molecule has 2 rings (SSSR count). The van der Waals surface area contributed by atoms with Crippen molar-refractivity contribution in [1.82, 2.24) is 10.0 Å². The molecular formula is C20H32N2O3S. The van der Waals surface area contributed by atoms with Crippen LogP contribution in [-0.4, -0.2) is 26.4 Å². The standard InChI is InChI=1S/C20H32N2O3S/c1-5-15(3)19(20(23)21-18-9-7-6-8-16(18)4)22-26(24,25)17-12-10-14(2)11-13-17/h10-13,15-16,18-19,22H,5-9H2,1-4H3,(H,21,23)/t15-,16+,18+,19-/m0/s1. The molecule has 2 N–H and O–H groups in total. The third-order valence-electron chi connectivity index (χ3n) is 5.55. The molecule has 4 atom stereocenters. The minimum absolute atomic E-state index is 0.0888. The summed E-state index contributed by atoms with van der Waals surface area (Å²) in [5.41, 5.74) is 0.992. The summed E-state index contributed by atoms with van der Waals surface area (Å²) in [5, 5.41) is 3.10. The van der Waals surface area contributed by atoms with Gasteiger partial charge in [0.1, 0.15) is 6.04 Å². The third-order valence-corrected chi connectivity index (χ3v) is 7.00. The van der Waals surface area contributed by atoms with Gasteiger partial charge in [-0.25, -0.2) is 8.42 Å². The van der Waals surface area contributed by atoms with E-state index in [1.54, 1.807) is 24.3 Å². The van der Waals surface area contributed by atoms with Gasteiger partial charge in [0.2, 0.25) is 15.9 Å². The first-order valence-corrected chi connectivity index (χ1v) is 11.1. The van der Waals surface area contributed by atoms with E-state index in [1.807, 2.05) is 20.8 Å². The SMILES string of the molecule is CC[C@H](C)[C@H](NS(=O)(=O)c1ccc(C)cc1)C(=O)N[C@@H]1CCCC[C@H]1C. The topological polar surface area (TPSA) is 75.3 Å². The lowest BCUT2D eigenvalue weighted by molar-refractivity contribution is -0.125. The van der Waals surface area contributed by atoms with E-state index in [0.29, 0.717) is 12.3 Å². The van der Waals surface area contributed by atoms with Crippen molar-refractivity contribution in [2.75, 3.05) is 0 Å². The summed E-state index contributed by atoms with van der Waals surface area (Å²) in [5.74, 6) is 0.127. The van der Waals surface area contributed by atoms with Crippen LogP contribution in [-0.2, 0) is 14.8 Å². The van der Waals surface area contributed by atoms with E-state index < -0.39 is 16.1 Å². The molecule has 0 heterocycles. The minimum atomic E-state index is -3.74. The lowest BCUT2D eigenvalue weighted by Crippen LogP contribution is -2.53. The Kier molecular flexibility index (Phi) is 7.24. The highest BCUT2D eigenvalue weighted by molar-refractivity contribution is 7.89. The fraction of sp³-hybridized carbons (Fsp3) is 0.650. The van der Waals surface area contributed by atoms with Gasteiger partial charge in [-0.15, -0.1) is 0 Å². The number of nitrogens with one attached hydrogen (secondary N) is 2. The molecule has 0 radical (unpaired) electrons. The Morgan fingerprint density at radius 3 is 2.38 bits per heavy atom. The Bertz CT molecular complexity index is 700. The van der Waals surface area contributed by atoms with Crippen LogP contribution in [0.4, 0.5) is 0 Å². The average Bonchev–Trinajstić information content (AvgIpc) is 2.61. The molecule has 5 nitrogen and oxygen atoms in total. The maximum atomic E-state index is 12.9.